The zero-order chi connectivity index (χ0) is 22.9. The summed E-state index contributed by atoms with van der Waals surface area (Å²) in [5.74, 6) is -0.342. The molecule has 1 aliphatic rings. The maximum Gasteiger partial charge on any atom is 0.329 e. The fourth-order valence-corrected chi connectivity index (χ4v) is 4.31. The lowest BCUT2D eigenvalue weighted by molar-refractivity contribution is -0.123. The van der Waals surface area contributed by atoms with Gasteiger partial charge in [0.2, 0.25) is 0 Å². The number of urea groups is 1. The van der Waals surface area contributed by atoms with Gasteiger partial charge in [-0.05, 0) is 35.4 Å². The van der Waals surface area contributed by atoms with E-state index in [4.69, 9.17) is 23.2 Å². The molecule has 0 unspecified atom stereocenters. The van der Waals surface area contributed by atoms with Gasteiger partial charge in [0.05, 0.1) is 16.6 Å². The molecule has 1 N–H and O–H groups in total. The number of rotatable bonds is 5. The molecule has 4 aromatic rings. The van der Waals surface area contributed by atoms with Crippen molar-refractivity contribution < 1.29 is 9.59 Å². The van der Waals surface area contributed by atoms with Crippen molar-refractivity contribution in [3.63, 3.8) is 0 Å². The van der Waals surface area contributed by atoms with Crippen molar-refractivity contribution in [1.82, 2.24) is 14.8 Å². The van der Waals surface area contributed by atoms with Crippen molar-refractivity contribution in [2.24, 2.45) is 0 Å². The number of hydrogen-bond donors (Lipinski definition) is 1. The number of carbonyl (C=O) groups excluding carboxylic acids is 2. The number of imide groups is 1. The predicted octanol–water partition coefficient (Wildman–Crippen LogP) is 6.09. The number of nitrogens with one attached hydrogen (secondary N) is 1. The van der Waals surface area contributed by atoms with Crippen LogP contribution in [0.4, 0.5) is 4.79 Å². The highest BCUT2D eigenvalue weighted by atomic mass is 35.5. The quantitative estimate of drug-likeness (QED) is 0.280. The Bertz CT molecular complexity index is 1410. The first-order valence-electron chi connectivity index (χ1n) is 10.4. The third-order valence-corrected chi connectivity index (χ3v) is 6.34. The van der Waals surface area contributed by atoms with Crippen LogP contribution in [-0.2, 0) is 17.9 Å². The highest BCUT2D eigenvalue weighted by molar-refractivity contribution is 6.42. The lowest BCUT2D eigenvalue weighted by Crippen LogP contribution is -2.30. The average molecular weight is 476 g/mol. The maximum absolute atomic E-state index is 13.0. The summed E-state index contributed by atoms with van der Waals surface area (Å²) < 4.78 is 2.09. The summed E-state index contributed by atoms with van der Waals surface area (Å²) >= 11 is 12.2. The van der Waals surface area contributed by atoms with Crippen LogP contribution in [0.1, 0.15) is 16.7 Å². The van der Waals surface area contributed by atoms with E-state index in [1.807, 2.05) is 72.9 Å². The first kappa shape index (κ1) is 21.3. The molecule has 7 heteroatoms. The minimum atomic E-state index is -0.422. The molecule has 5 rings (SSSR count). The van der Waals surface area contributed by atoms with Gasteiger partial charge in [-0.2, -0.15) is 0 Å². The molecule has 1 aromatic heterocycles. The molecule has 3 amide bonds. The first-order valence-corrected chi connectivity index (χ1v) is 11.2. The van der Waals surface area contributed by atoms with Crippen molar-refractivity contribution in [3.05, 3.63) is 111 Å². The van der Waals surface area contributed by atoms with E-state index in [0.717, 1.165) is 27.6 Å². The molecule has 0 bridgehead atoms. The molecule has 1 aliphatic heterocycles. The molecule has 33 heavy (non-hydrogen) atoms. The Kier molecular flexibility index (Phi) is 5.67. The Hall–Kier alpha value is -3.54. The van der Waals surface area contributed by atoms with E-state index in [1.165, 1.54) is 4.90 Å². The highest BCUT2D eigenvalue weighted by Crippen LogP contribution is 2.28. The standard InChI is InChI=1S/C26H19Cl2N3O2/c27-21-11-10-18(12-22(21)28)14-30-16-19(20-8-4-5-9-24(20)30)13-23-25(32)31(26(33)29-23)15-17-6-2-1-3-7-17/h1-13,16H,14-15H2,(H,29,33)/b23-13+. The lowest BCUT2D eigenvalue weighted by atomic mass is 10.1. The van der Waals surface area contributed by atoms with Crippen molar-refractivity contribution >= 4 is 52.1 Å². The topological polar surface area (TPSA) is 54.3 Å². The van der Waals surface area contributed by atoms with E-state index in [2.05, 4.69) is 9.88 Å². The number of para-hydroxylation sites is 1. The van der Waals surface area contributed by atoms with Gasteiger partial charge < -0.3 is 9.88 Å². The molecule has 3 aromatic carbocycles. The molecular formula is C26H19Cl2N3O2. The molecule has 0 spiro atoms. The average Bonchev–Trinajstić information content (AvgIpc) is 3.29. The number of benzene rings is 3. The number of hydrogen-bond acceptors (Lipinski definition) is 2. The first-order chi connectivity index (χ1) is 16.0. The summed E-state index contributed by atoms with van der Waals surface area (Å²) in [4.78, 5) is 26.7. The second kappa shape index (κ2) is 8.77. The smallest absolute Gasteiger partial charge is 0.329 e. The Balaban J connectivity index is 1.47. The van der Waals surface area contributed by atoms with Crippen LogP contribution in [0.25, 0.3) is 17.0 Å². The van der Waals surface area contributed by atoms with E-state index in [0.29, 0.717) is 16.6 Å². The molecule has 0 aliphatic carbocycles. The van der Waals surface area contributed by atoms with Gasteiger partial charge in [-0.3, -0.25) is 9.69 Å². The molecular weight excluding hydrogens is 457 g/mol. The molecule has 0 atom stereocenters. The molecule has 164 valence electrons. The normalized spacial score (nSPS) is 15.0. The van der Waals surface area contributed by atoms with E-state index >= 15 is 0 Å². The van der Waals surface area contributed by atoms with Gasteiger partial charge in [0.25, 0.3) is 5.91 Å². The predicted molar refractivity (Wildman–Crippen MR) is 131 cm³/mol. The van der Waals surface area contributed by atoms with Crippen LogP contribution in [-0.4, -0.2) is 21.4 Å². The Morgan fingerprint density at radius 3 is 2.36 bits per heavy atom. The summed E-state index contributed by atoms with van der Waals surface area (Å²) in [6, 6.07) is 22.5. The van der Waals surface area contributed by atoms with Gasteiger partial charge in [0.15, 0.2) is 0 Å². The number of nitrogens with zero attached hydrogens (tertiary/aromatic N) is 2. The highest BCUT2D eigenvalue weighted by Gasteiger charge is 2.33. The maximum atomic E-state index is 13.0. The van der Waals surface area contributed by atoms with Gasteiger partial charge in [-0.1, -0.05) is 77.8 Å². The number of carbonyl (C=O) groups is 2. The summed E-state index contributed by atoms with van der Waals surface area (Å²) in [7, 11) is 0. The summed E-state index contributed by atoms with van der Waals surface area (Å²) in [6.07, 6.45) is 3.71. The number of aromatic nitrogens is 1. The number of halogens is 2. The fourth-order valence-electron chi connectivity index (χ4n) is 3.99. The number of fused-ring (bicyclic) bond motifs is 1. The molecule has 1 saturated heterocycles. The van der Waals surface area contributed by atoms with E-state index in [9.17, 15) is 9.59 Å². The monoisotopic (exact) mass is 475 g/mol. The van der Waals surface area contributed by atoms with Gasteiger partial charge in [-0.25, -0.2) is 4.79 Å². The van der Waals surface area contributed by atoms with Crippen LogP contribution >= 0.6 is 23.2 Å². The van der Waals surface area contributed by atoms with Crippen LogP contribution in [0, 0.1) is 0 Å². The molecule has 2 heterocycles. The van der Waals surface area contributed by atoms with E-state index in [-0.39, 0.29) is 18.1 Å². The van der Waals surface area contributed by atoms with Crippen molar-refractivity contribution in [2.45, 2.75) is 13.1 Å². The van der Waals surface area contributed by atoms with Crippen molar-refractivity contribution in [1.29, 1.82) is 0 Å². The Morgan fingerprint density at radius 1 is 0.818 bits per heavy atom. The third kappa shape index (κ3) is 4.25. The van der Waals surface area contributed by atoms with E-state index in [1.54, 1.807) is 12.1 Å². The van der Waals surface area contributed by atoms with Crippen molar-refractivity contribution in [2.75, 3.05) is 0 Å². The van der Waals surface area contributed by atoms with Gasteiger partial charge in [0, 0.05) is 29.2 Å². The SMILES string of the molecule is O=C1N/C(=C/c2cn(Cc3ccc(Cl)c(Cl)c3)c3ccccc23)C(=O)N1Cc1ccccc1. The third-order valence-electron chi connectivity index (χ3n) is 5.60. The molecule has 5 nitrogen and oxygen atoms in total. The van der Waals surface area contributed by atoms with Crippen LogP contribution in [0.15, 0.2) is 84.7 Å². The lowest BCUT2D eigenvalue weighted by Gasteiger charge is -2.11. The van der Waals surface area contributed by atoms with Crippen LogP contribution in [0.3, 0.4) is 0 Å². The van der Waals surface area contributed by atoms with Crippen LogP contribution in [0.5, 0.6) is 0 Å². The zero-order valence-corrected chi connectivity index (χ0v) is 19.0. The fraction of sp³-hybridized carbons (Fsp3) is 0.0769. The number of amides is 3. The van der Waals surface area contributed by atoms with Gasteiger partial charge in [0.1, 0.15) is 5.70 Å². The minimum Gasteiger partial charge on any atom is -0.342 e. The van der Waals surface area contributed by atoms with Crippen LogP contribution < -0.4 is 5.32 Å². The Morgan fingerprint density at radius 2 is 1.58 bits per heavy atom. The summed E-state index contributed by atoms with van der Waals surface area (Å²) in [6.45, 7) is 0.808. The Labute approximate surface area is 200 Å². The van der Waals surface area contributed by atoms with Crippen LogP contribution in [0.2, 0.25) is 10.0 Å². The largest absolute Gasteiger partial charge is 0.342 e. The zero-order valence-electron chi connectivity index (χ0n) is 17.5. The van der Waals surface area contributed by atoms with Crippen molar-refractivity contribution in [3.8, 4) is 0 Å². The van der Waals surface area contributed by atoms with Gasteiger partial charge in [-0.15, -0.1) is 0 Å². The van der Waals surface area contributed by atoms with Gasteiger partial charge >= 0.3 is 6.03 Å². The van der Waals surface area contributed by atoms with E-state index < -0.39 is 6.03 Å². The minimum absolute atomic E-state index is 0.224. The molecule has 1 fully saturated rings. The molecule has 0 radical (unpaired) electrons. The summed E-state index contributed by atoms with van der Waals surface area (Å²) in [5, 5.41) is 4.72. The summed E-state index contributed by atoms with van der Waals surface area (Å²) in [5.41, 5.74) is 4.00. The molecule has 0 saturated carbocycles. The second-order valence-electron chi connectivity index (χ2n) is 7.84. The second-order valence-corrected chi connectivity index (χ2v) is 8.66.